The number of hydrogen-bond donors (Lipinski definition) is 0. The van der Waals surface area contributed by atoms with Gasteiger partial charge in [-0.2, -0.15) is 13.2 Å². The first-order valence-corrected chi connectivity index (χ1v) is 7.49. The van der Waals surface area contributed by atoms with Crippen molar-refractivity contribution in [3.8, 4) is 5.88 Å². The molecule has 0 aliphatic rings. The quantitative estimate of drug-likeness (QED) is 0.747. The number of benzene rings is 1. The second kappa shape index (κ2) is 8.01. The highest BCUT2D eigenvalue weighted by molar-refractivity contribution is 5.85. The van der Waals surface area contributed by atoms with Gasteiger partial charge in [0.2, 0.25) is 5.88 Å². The first-order chi connectivity index (χ1) is 10.4. The van der Waals surface area contributed by atoms with E-state index in [1.54, 1.807) is 6.07 Å². The molecule has 1 heterocycles. The summed E-state index contributed by atoms with van der Waals surface area (Å²) in [6.45, 7) is 6.58. The number of hydrogen-bond acceptors (Lipinski definition) is 2. The van der Waals surface area contributed by atoms with Gasteiger partial charge in [-0.05, 0) is 24.5 Å². The highest BCUT2D eigenvalue weighted by Gasteiger charge is 2.28. The Morgan fingerprint density at radius 2 is 1.86 bits per heavy atom. The molecule has 0 aliphatic heterocycles. The fraction of sp³-hybridized carbons (Fsp3) is 0.471. The van der Waals surface area contributed by atoms with Gasteiger partial charge in [0.1, 0.15) is 0 Å². The molecule has 2 rings (SSSR count). The number of pyridine rings is 1. The molecule has 0 unspecified atom stereocenters. The van der Waals surface area contributed by atoms with Crippen molar-refractivity contribution in [3.05, 3.63) is 35.4 Å². The van der Waals surface area contributed by atoms with E-state index in [-0.39, 0.29) is 5.88 Å². The number of halogens is 3. The maximum atomic E-state index is 12.2. The molecule has 1 aromatic carbocycles. The van der Waals surface area contributed by atoms with Crippen LogP contribution in [0.5, 0.6) is 5.88 Å². The van der Waals surface area contributed by atoms with Crippen LogP contribution >= 0.6 is 0 Å². The van der Waals surface area contributed by atoms with E-state index in [2.05, 4.69) is 11.9 Å². The average molecular weight is 313 g/mol. The Bertz CT molecular complexity index is 609. The highest BCUT2D eigenvalue weighted by Crippen LogP contribution is 2.26. The van der Waals surface area contributed by atoms with Gasteiger partial charge in [-0.25, -0.2) is 4.98 Å². The van der Waals surface area contributed by atoms with E-state index in [0.717, 1.165) is 34.9 Å². The number of para-hydroxylation sites is 1. The fourth-order valence-corrected chi connectivity index (χ4v) is 2.15. The first kappa shape index (κ1) is 18.3. The van der Waals surface area contributed by atoms with E-state index in [1.165, 1.54) is 0 Å². The Hall–Kier alpha value is -1.78. The molecule has 22 heavy (non-hydrogen) atoms. The van der Waals surface area contributed by atoms with E-state index < -0.39 is 12.8 Å². The Kier molecular flexibility index (Phi) is 6.65. The largest absolute Gasteiger partial charge is 0.468 e. The topological polar surface area (TPSA) is 22.1 Å². The molecule has 0 saturated heterocycles. The minimum atomic E-state index is -4.35. The van der Waals surface area contributed by atoms with Crippen LogP contribution < -0.4 is 4.74 Å². The van der Waals surface area contributed by atoms with Gasteiger partial charge in [0.25, 0.3) is 0 Å². The Morgan fingerprint density at radius 1 is 1.18 bits per heavy atom. The molecular weight excluding hydrogens is 291 g/mol. The fourth-order valence-electron chi connectivity index (χ4n) is 2.15. The summed E-state index contributed by atoms with van der Waals surface area (Å²) < 4.78 is 41.4. The molecule has 0 fully saturated rings. The molecule has 5 heteroatoms. The highest BCUT2D eigenvalue weighted by atomic mass is 19.4. The molecule has 0 spiro atoms. The van der Waals surface area contributed by atoms with Gasteiger partial charge in [-0.15, -0.1) is 0 Å². The molecule has 0 amide bonds. The Morgan fingerprint density at radius 3 is 2.45 bits per heavy atom. The van der Waals surface area contributed by atoms with Crippen LogP contribution in [0, 0.1) is 6.92 Å². The summed E-state index contributed by atoms with van der Waals surface area (Å²) >= 11 is 0. The predicted octanol–water partition coefficient (Wildman–Crippen LogP) is 5.46. The van der Waals surface area contributed by atoms with Gasteiger partial charge in [-0.3, -0.25) is 0 Å². The molecule has 1 aromatic heterocycles. The average Bonchev–Trinajstić information content (AvgIpc) is 2.48. The van der Waals surface area contributed by atoms with Crippen molar-refractivity contribution in [2.24, 2.45) is 0 Å². The molecule has 122 valence electrons. The van der Waals surface area contributed by atoms with Gasteiger partial charge in [0.15, 0.2) is 6.61 Å². The molecule has 0 saturated carbocycles. The summed E-state index contributed by atoms with van der Waals surface area (Å²) in [5.74, 6) is 0.0240. The lowest BCUT2D eigenvalue weighted by atomic mass is 10.0. The van der Waals surface area contributed by atoms with E-state index in [1.807, 2.05) is 39.0 Å². The molecule has 0 atom stereocenters. The molecule has 0 radical (unpaired) electrons. The lowest BCUT2D eigenvalue weighted by Crippen LogP contribution is -2.19. The van der Waals surface area contributed by atoms with Crippen LogP contribution in [0.3, 0.4) is 0 Å². The van der Waals surface area contributed by atoms with Crippen molar-refractivity contribution in [1.82, 2.24) is 4.98 Å². The van der Waals surface area contributed by atoms with Crippen molar-refractivity contribution < 1.29 is 17.9 Å². The van der Waals surface area contributed by atoms with E-state index in [4.69, 9.17) is 4.74 Å². The number of fused-ring (bicyclic) bond motifs is 1. The zero-order chi connectivity index (χ0) is 16.8. The SMILES string of the molecule is CC.CCCc1cccc2c(C)cc(OCC(F)(F)F)nc12. The summed E-state index contributed by atoms with van der Waals surface area (Å²) in [6, 6.07) is 7.36. The zero-order valence-corrected chi connectivity index (χ0v) is 13.4. The van der Waals surface area contributed by atoms with Crippen LogP contribution in [0.2, 0.25) is 0 Å². The van der Waals surface area contributed by atoms with E-state index >= 15 is 0 Å². The summed E-state index contributed by atoms with van der Waals surface area (Å²) in [7, 11) is 0. The molecule has 2 aromatic rings. The van der Waals surface area contributed by atoms with Crippen molar-refractivity contribution in [2.45, 2.75) is 46.7 Å². The minimum absolute atomic E-state index is 0.0240. The van der Waals surface area contributed by atoms with Crippen LogP contribution in [-0.2, 0) is 6.42 Å². The van der Waals surface area contributed by atoms with Crippen molar-refractivity contribution in [3.63, 3.8) is 0 Å². The van der Waals surface area contributed by atoms with Crippen LogP contribution in [0.1, 0.15) is 38.3 Å². The van der Waals surface area contributed by atoms with Gasteiger partial charge >= 0.3 is 6.18 Å². The molecule has 0 bridgehead atoms. The second-order valence-electron chi connectivity index (χ2n) is 4.74. The molecular formula is C17H22F3NO. The molecule has 0 aliphatic carbocycles. The summed E-state index contributed by atoms with van der Waals surface area (Å²) in [5, 5.41) is 0.954. The maximum absolute atomic E-state index is 12.2. The number of nitrogens with zero attached hydrogens (tertiary/aromatic N) is 1. The van der Waals surface area contributed by atoms with Crippen LogP contribution in [0.25, 0.3) is 10.9 Å². The summed E-state index contributed by atoms with van der Waals surface area (Å²) in [4.78, 5) is 4.24. The number of aromatic nitrogens is 1. The normalized spacial score (nSPS) is 11.0. The third-order valence-electron chi connectivity index (χ3n) is 3.01. The smallest absolute Gasteiger partial charge is 0.422 e. The monoisotopic (exact) mass is 313 g/mol. The Labute approximate surface area is 129 Å². The van der Waals surface area contributed by atoms with Crippen LogP contribution in [0.15, 0.2) is 24.3 Å². The standard InChI is InChI=1S/C15H16F3NO.C2H6/c1-3-5-11-6-4-7-12-10(2)8-13(19-14(11)12)20-9-15(16,17)18;1-2/h4,6-8H,3,5,9H2,1-2H3;1-2H3. The summed E-state index contributed by atoms with van der Waals surface area (Å²) in [5.41, 5.74) is 2.63. The van der Waals surface area contributed by atoms with Gasteiger partial charge < -0.3 is 4.74 Å². The van der Waals surface area contributed by atoms with Gasteiger partial charge in [0.05, 0.1) is 5.52 Å². The van der Waals surface area contributed by atoms with E-state index in [0.29, 0.717) is 0 Å². The van der Waals surface area contributed by atoms with Crippen molar-refractivity contribution in [2.75, 3.05) is 6.61 Å². The third-order valence-corrected chi connectivity index (χ3v) is 3.01. The summed E-state index contributed by atoms with van der Waals surface area (Å²) in [6.07, 6.45) is -2.56. The number of aryl methyl sites for hydroxylation is 2. The van der Waals surface area contributed by atoms with Crippen molar-refractivity contribution in [1.29, 1.82) is 0 Å². The second-order valence-corrected chi connectivity index (χ2v) is 4.74. The van der Waals surface area contributed by atoms with Crippen LogP contribution in [-0.4, -0.2) is 17.8 Å². The molecule has 0 N–H and O–H groups in total. The van der Waals surface area contributed by atoms with Gasteiger partial charge in [0, 0.05) is 11.5 Å². The van der Waals surface area contributed by atoms with E-state index in [9.17, 15) is 13.2 Å². The zero-order valence-electron chi connectivity index (χ0n) is 13.4. The predicted molar refractivity (Wildman–Crippen MR) is 83.4 cm³/mol. The lowest BCUT2D eigenvalue weighted by molar-refractivity contribution is -0.154. The Balaban J connectivity index is 0.00000116. The lowest BCUT2D eigenvalue weighted by Gasteiger charge is -2.12. The van der Waals surface area contributed by atoms with Gasteiger partial charge in [-0.1, -0.05) is 45.4 Å². The maximum Gasteiger partial charge on any atom is 0.422 e. The van der Waals surface area contributed by atoms with Crippen molar-refractivity contribution >= 4 is 10.9 Å². The number of rotatable bonds is 4. The molecule has 2 nitrogen and oxygen atoms in total. The number of alkyl halides is 3. The third kappa shape index (κ3) is 4.90. The first-order valence-electron chi connectivity index (χ1n) is 7.49. The number of ether oxygens (including phenoxy) is 1. The minimum Gasteiger partial charge on any atom is -0.468 e. The van der Waals surface area contributed by atoms with Crippen LogP contribution in [0.4, 0.5) is 13.2 Å².